The number of rotatable bonds is 6. The van der Waals surface area contributed by atoms with E-state index in [2.05, 4.69) is 5.32 Å². The second kappa shape index (κ2) is 9.33. The first-order valence-corrected chi connectivity index (χ1v) is 12.6. The monoisotopic (exact) mass is 512 g/mol. The van der Waals surface area contributed by atoms with E-state index in [1.807, 2.05) is 30.3 Å². The number of Topliss-reactive ketones (excluding diaryl/α,β-unsaturated/α-hetero) is 1. The van der Waals surface area contributed by atoms with Gasteiger partial charge in [-0.05, 0) is 42.3 Å². The van der Waals surface area contributed by atoms with Crippen molar-refractivity contribution in [2.45, 2.75) is 13.3 Å². The van der Waals surface area contributed by atoms with Gasteiger partial charge in [0.2, 0.25) is 0 Å². The molecule has 5 aromatic rings. The van der Waals surface area contributed by atoms with E-state index in [9.17, 15) is 19.2 Å². The quantitative estimate of drug-likeness (QED) is 0.283. The number of hydrogen-bond donors (Lipinski definition) is 1. The van der Waals surface area contributed by atoms with Gasteiger partial charge in [-0.25, -0.2) is 0 Å². The number of benzene rings is 4. The van der Waals surface area contributed by atoms with Crippen LogP contribution in [0.1, 0.15) is 44.3 Å². The maximum Gasteiger partial charge on any atom is 0.262 e. The zero-order valence-electron chi connectivity index (χ0n) is 21.4. The fraction of sp³-hybridized carbons (Fsp3) is 0.0909. The predicted molar refractivity (Wildman–Crippen MR) is 152 cm³/mol. The third kappa shape index (κ3) is 3.97. The molecule has 6 rings (SSSR count). The summed E-state index contributed by atoms with van der Waals surface area (Å²) in [7, 11) is 1.62. The molecule has 1 heterocycles. The van der Waals surface area contributed by atoms with E-state index in [1.54, 1.807) is 74.6 Å². The summed E-state index contributed by atoms with van der Waals surface area (Å²) in [6, 6.07) is 26.9. The molecule has 1 aliphatic rings. The number of aryl methyl sites for hydroxylation is 1. The molecule has 0 fully saturated rings. The second-order valence-electron chi connectivity index (χ2n) is 9.77. The molecule has 0 spiro atoms. The summed E-state index contributed by atoms with van der Waals surface area (Å²) in [5.74, 6) is -0.526. The van der Waals surface area contributed by atoms with Crippen molar-refractivity contribution >= 4 is 39.6 Å². The molecule has 190 valence electrons. The van der Waals surface area contributed by atoms with Crippen molar-refractivity contribution in [3.8, 4) is 11.1 Å². The van der Waals surface area contributed by atoms with Crippen LogP contribution >= 0.6 is 0 Å². The van der Waals surface area contributed by atoms with Crippen LogP contribution in [0.3, 0.4) is 0 Å². The number of carbonyl (C=O) groups excluding carboxylic acids is 3. The van der Waals surface area contributed by atoms with Crippen LogP contribution in [0, 0.1) is 0 Å². The van der Waals surface area contributed by atoms with Crippen LogP contribution in [0.15, 0.2) is 95.8 Å². The lowest BCUT2D eigenvalue weighted by Crippen LogP contribution is -2.29. The highest BCUT2D eigenvalue weighted by atomic mass is 16.2. The molecule has 0 saturated carbocycles. The summed E-state index contributed by atoms with van der Waals surface area (Å²) < 4.78 is 1.44. The van der Waals surface area contributed by atoms with Gasteiger partial charge in [-0.1, -0.05) is 66.7 Å². The third-order valence-electron chi connectivity index (χ3n) is 7.15. The molecule has 39 heavy (non-hydrogen) atoms. The van der Waals surface area contributed by atoms with Crippen molar-refractivity contribution in [1.82, 2.24) is 4.57 Å². The van der Waals surface area contributed by atoms with Gasteiger partial charge >= 0.3 is 0 Å². The van der Waals surface area contributed by atoms with Gasteiger partial charge in [-0.3, -0.25) is 19.2 Å². The molecule has 1 N–H and O–H groups in total. The number of fused-ring (bicyclic) bond motifs is 2. The van der Waals surface area contributed by atoms with E-state index in [0.29, 0.717) is 50.8 Å². The molecular weight excluding hydrogens is 488 g/mol. The van der Waals surface area contributed by atoms with Crippen molar-refractivity contribution in [2.24, 2.45) is 7.05 Å². The van der Waals surface area contributed by atoms with Gasteiger partial charge in [0.25, 0.3) is 5.56 Å². The highest BCUT2D eigenvalue weighted by Gasteiger charge is 2.33. The summed E-state index contributed by atoms with van der Waals surface area (Å²) in [6.45, 7) is 1.55. The largest absolute Gasteiger partial charge is 0.355 e. The highest BCUT2D eigenvalue weighted by molar-refractivity contribution is 6.31. The highest BCUT2D eigenvalue weighted by Crippen LogP contribution is 2.44. The Kier molecular flexibility index (Phi) is 5.80. The van der Waals surface area contributed by atoms with Gasteiger partial charge < -0.3 is 9.88 Å². The van der Waals surface area contributed by atoms with E-state index in [4.69, 9.17) is 0 Å². The number of ketones is 3. The topological polar surface area (TPSA) is 85.2 Å². The van der Waals surface area contributed by atoms with E-state index < -0.39 is 11.3 Å². The SMILES string of the molecule is CC(=O)Cc1cccc(Nc2ccc3c4c2C(=O)c2ccccc2-c4c(C(=O)c2ccccc2)c(=O)n3C)c1. The number of nitrogens with one attached hydrogen (secondary N) is 1. The molecule has 0 bridgehead atoms. The van der Waals surface area contributed by atoms with Gasteiger partial charge in [-0.15, -0.1) is 0 Å². The number of anilines is 2. The van der Waals surface area contributed by atoms with Crippen LogP contribution in [0.5, 0.6) is 0 Å². The maximum absolute atomic E-state index is 14.0. The molecule has 6 heteroatoms. The van der Waals surface area contributed by atoms with Crippen molar-refractivity contribution in [3.05, 3.63) is 129 Å². The Balaban J connectivity index is 1.65. The molecule has 0 aliphatic heterocycles. The van der Waals surface area contributed by atoms with Crippen molar-refractivity contribution in [2.75, 3.05) is 5.32 Å². The third-order valence-corrected chi connectivity index (χ3v) is 7.15. The molecule has 0 radical (unpaired) electrons. The summed E-state index contributed by atoms with van der Waals surface area (Å²) >= 11 is 0. The van der Waals surface area contributed by atoms with Crippen LogP contribution in [0.4, 0.5) is 11.4 Å². The zero-order chi connectivity index (χ0) is 27.3. The molecule has 0 unspecified atom stereocenters. The van der Waals surface area contributed by atoms with Crippen molar-refractivity contribution in [1.29, 1.82) is 0 Å². The summed E-state index contributed by atoms with van der Waals surface area (Å²) in [6.07, 6.45) is 0.309. The van der Waals surface area contributed by atoms with E-state index in [-0.39, 0.29) is 17.1 Å². The summed E-state index contributed by atoms with van der Waals surface area (Å²) in [5.41, 5.74) is 4.60. The first-order chi connectivity index (χ1) is 18.8. The first-order valence-electron chi connectivity index (χ1n) is 12.6. The van der Waals surface area contributed by atoms with Gasteiger partial charge in [-0.2, -0.15) is 0 Å². The number of pyridine rings is 1. The number of hydrogen-bond acceptors (Lipinski definition) is 5. The normalized spacial score (nSPS) is 11.8. The minimum absolute atomic E-state index is 0.0398. The average molecular weight is 513 g/mol. The second-order valence-corrected chi connectivity index (χ2v) is 9.77. The number of carbonyl (C=O) groups is 3. The van der Waals surface area contributed by atoms with Gasteiger partial charge in [0, 0.05) is 41.2 Å². The van der Waals surface area contributed by atoms with Crippen LogP contribution < -0.4 is 10.9 Å². The first kappa shape index (κ1) is 24.2. The van der Waals surface area contributed by atoms with Gasteiger partial charge in [0.05, 0.1) is 22.3 Å². The fourth-order valence-corrected chi connectivity index (χ4v) is 5.42. The Hall–Kier alpha value is -5.10. The lowest BCUT2D eigenvalue weighted by Gasteiger charge is -2.25. The van der Waals surface area contributed by atoms with Gasteiger partial charge in [0.15, 0.2) is 11.6 Å². The fourth-order valence-electron chi connectivity index (χ4n) is 5.42. The average Bonchev–Trinajstić information content (AvgIpc) is 2.94. The summed E-state index contributed by atoms with van der Waals surface area (Å²) in [5, 5.41) is 3.92. The zero-order valence-corrected chi connectivity index (χ0v) is 21.4. The van der Waals surface area contributed by atoms with Crippen LogP contribution in [0.2, 0.25) is 0 Å². The molecule has 0 atom stereocenters. The van der Waals surface area contributed by atoms with Crippen LogP contribution in [-0.4, -0.2) is 21.9 Å². The molecule has 0 amide bonds. The van der Waals surface area contributed by atoms with Crippen LogP contribution in [0.25, 0.3) is 22.0 Å². The smallest absolute Gasteiger partial charge is 0.262 e. The Morgan fingerprint density at radius 2 is 1.51 bits per heavy atom. The minimum Gasteiger partial charge on any atom is -0.355 e. The Bertz CT molecular complexity index is 1900. The van der Waals surface area contributed by atoms with Crippen molar-refractivity contribution in [3.63, 3.8) is 0 Å². The Morgan fingerprint density at radius 1 is 0.795 bits per heavy atom. The van der Waals surface area contributed by atoms with E-state index >= 15 is 0 Å². The maximum atomic E-state index is 14.0. The Morgan fingerprint density at radius 3 is 2.26 bits per heavy atom. The lowest BCUT2D eigenvalue weighted by molar-refractivity contribution is -0.116. The van der Waals surface area contributed by atoms with Gasteiger partial charge in [0.1, 0.15) is 5.78 Å². The Labute approximate surface area is 224 Å². The number of nitrogens with zero attached hydrogens (tertiary/aromatic N) is 1. The van der Waals surface area contributed by atoms with Crippen LogP contribution in [-0.2, 0) is 18.3 Å². The minimum atomic E-state index is -0.418. The van der Waals surface area contributed by atoms with E-state index in [0.717, 1.165) is 11.3 Å². The molecule has 0 saturated heterocycles. The number of aromatic nitrogens is 1. The standard InChI is InChI=1S/C33H24N2O4/c1-19(36)17-20-9-8-12-22(18-20)34-25-15-16-26-29-27(23-13-6-7-14-24(23)32(38)28(25)29)30(33(39)35(26)2)31(37)21-10-4-3-5-11-21/h3-16,18,34H,17H2,1-2H3. The van der Waals surface area contributed by atoms with Crippen molar-refractivity contribution < 1.29 is 14.4 Å². The lowest BCUT2D eigenvalue weighted by atomic mass is 9.80. The predicted octanol–water partition coefficient (Wildman–Crippen LogP) is 5.86. The molecular formula is C33H24N2O4. The molecule has 1 aliphatic carbocycles. The summed E-state index contributed by atoms with van der Waals surface area (Å²) in [4.78, 5) is 53.2. The molecule has 6 nitrogen and oxygen atoms in total. The molecule has 1 aromatic heterocycles. The van der Waals surface area contributed by atoms with E-state index in [1.165, 1.54) is 4.57 Å². The molecule has 4 aromatic carbocycles.